The zero-order chi connectivity index (χ0) is 13.3. The lowest BCUT2D eigenvalue weighted by Gasteiger charge is -2.16. The Balaban J connectivity index is 2.51. The SMILES string of the molecule is COC(=O)[C@H](c1cc2ccccc2[nH]1)C(F)(F)F. The number of carbonyl (C=O) groups excluding carboxylic acids is 1. The Hall–Kier alpha value is -1.98. The minimum atomic E-state index is -4.69. The first kappa shape index (κ1) is 12.5. The molecular weight excluding hydrogens is 247 g/mol. The summed E-state index contributed by atoms with van der Waals surface area (Å²) in [5, 5.41) is 0.616. The van der Waals surface area contributed by atoms with Crippen LogP contribution in [-0.2, 0) is 9.53 Å². The largest absolute Gasteiger partial charge is 0.468 e. The number of halogens is 3. The quantitative estimate of drug-likeness (QED) is 0.840. The van der Waals surface area contributed by atoms with E-state index in [4.69, 9.17) is 0 Å². The van der Waals surface area contributed by atoms with E-state index in [1.54, 1.807) is 24.3 Å². The molecule has 0 spiro atoms. The third-order valence-electron chi connectivity index (χ3n) is 2.63. The van der Waals surface area contributed by atoms with Crippen molar-refractivity contribution in [1.82, 2.24) is 4.98 Å². The van der Waals surface area contributed by atoms with Crippen molar-refractivity contribution in [3.05, 3.63) is 36.0 Å². The fraction of sp³-hybridized carbons (Fsp3) is 0.250. The van der Waals surface area contributed by atoms with E-state index in [1.165, 1.54) is 6.07 Å². The number of para-hydroxylation sites is 1. The van der Waals surface area contributed by atoms with Gasteiger partial charge < -0.3 is 9.72 Å². The average Bonchev–Trinajstić information content (AvgIpc) is 2.69. The molecule has 0 fully saturated rings. The van der Waals surface area contributed by atoms with Crippen molar-refractivity contribution in [2.24, 2.45) is 0 Å². The third-order valence-corrected chi connectivity index (χ3v) is 2.63. The van der Waals surface area contributed by atoms with E-state index in [-0.39, 0.29) is 5.69 Å². The summed E-state index contributed by atoms with van der Waals surface area (Å²) in [6.07, 6.45) is -4.69. The first-order valence-corrected chi connectivity index (χ1v) is 5.15. The number of hydrogen-bond donors (Lipinski definition) is 1. The Morgan fingerprint density at radius 3 is 2.56 bits per heavy atom. The molecular formula is C12H10F3NO2. The van der Waals surface area contributed by atoms with E-state index in [0.717, 1.165) is 7.11 Å². The number of methoxy groups -OCH3 is 1. The van der Waals surface area contributed by atoms with E-state index >= 15 is 0 Å². The summed E-state index contributed by atoms with van der Waals surface area (Å²) in [6.45, 7) is 0. The molecule has 0 aliphatic heterocycles. The first-order chi connectivity index (χ1) is 8.43. The molecule has 0 unspecified atom stereocenters. The van der Waals surface area contributed by atoms with Gasteiger partial charge in [0.2, 0.25) is 0 Å². The summed E-state index contributed by atoms with van der Waals surface area (Å²) in [7, 11) is 0.934. The van der Waals surface area contributed by atoms with E-state index < -0.39 is 18.1 Å². The molecule has 0 radical (unpaired) electrons. The number of aromatic nitrogens is 1. The van der Waals surface area contributed by atoms with Crippen molar-refractivity contribution in [3.63, 3.8) is 0 Å². The number of ether oxygens (including phenoxy) is 1. The lowest BCUT2D eigenvalue weighted by Crippen LogP contribution is -2.29. The van der Waals surface area contributed by atoms with Gasteiger partial charge in [-0.2, -0.15) is 13.2 Å². The van der Waals surface area contributed by atoms with Crippen molar-refractivity contribution < 1.29 is 22.7 Å². The summed E-state index contributed by atoms with van der Waals surface area (Å²) in [6, 6.07) is 8.03. The van der Waals surface area contributed by atoms with Gasteiger partial charge in [-0.05, 0) is 17.5 Å². The molecule has 1 heterocycles. The number of esters is 1. The lowest BCUT2D eigenvalue weighted by molar-refractivity contribution is -0.179. The molecule has 1 atom stereocenters. The Kier molecular flexibility index (Phi) is 3.02. The molecule has 2 aromatic rings. The van der Waals surface area contributed by atoms with Gasteiger partial charge >= 0.3 is 12.1 Å². The van der Waals surface area contributed by atoms with Crippen molar-refractivity contribution in [2.45, 2.75) is 12.1 Å². The number of fused-ring (bicyclic) bond motifs is 1. The number of rotatable bonds is 2. The standard InChI is InChI=1S/C12H10F3NO2/c1-18-11(17)10(12(13,14)15)9-6-7-4-2-3-5-8(7)16-9/h2-6,10,16H,1H3/t10-/m0/s1. The molecule has 1 aromatic heterocycles. The smallest absolute Gasteiger partial charge is 0.407 e. The molecule has 1 aromatic carbocycles. The number of H-pyrrole nitrogens is 1. The molecule has 0 bridgehead atoms. The molecule has 6 heteroatoms. The monoisotopic (exact) mass is 257 g/mol. The summed E-state index contributed by atoms with van der Waals surface area (Å²) < 4.78 is 42.8. The van der Waals surface area contributed by atoms with Gasteiger partial charge in [0.05, 0.1) is 7.11 Å². The van der Waals surface area contributed by atoms with Crippen LogP contribution in [0, 0.1) is 0 Å². The zero-order valence-corrected chi connectivity index (χ0v) is 9.41. The maximum absolute atomic E-state index is 12.9. The van der Waals surface area contributed by atoms with Crippen LogP contribution in [0.2, 0.25) is 0 Å². The van der Waals surface area contributed by atoms with Crippen molar-refractivity contribution >= 4 is 16.9 Å². The van der Waals surface area contributed by atoms with Crippen LogP contribution in [0.3, 0.4) is 0 Å². The number of carbonyl (C=O) groups is 1. The highest BCUT2D eigenvalue weighted by atomic mass is 19.4. The minimum Gasteiger partial charge on any atom is -0.468 e. The molecule has 0 amide bonds. The van der Waals surface area contributed by atoms with Crippen LogP contribution in [0.1, 0.15) is 11.6 Å². The predicted molar refractivity (Wildman–Crippen MR) is 59.1 cm³/mol. The van der Waals surface area contributed by atoms with Gasteiger partial charge in [-0.3, -0.25) is 4.79 Å². The highest BCUT2D eigenvalue weighted by Gasteiger charge is 2.47. The second-order valence-corrected chi connectivity index (χ2v) is 3.81. The summed E-state index contributed by atoms with van der Waals surface area (Å²) in [5.41, 5.74) is 0.334. The number of nitrogens with one attached hydrogen (secondary N) is 1. The molecule has 3 nitrogen and oxygen atoms in total. The highest BCUT2D eigenvalue weighted by molar-refractivity contribution is 5.85. The van der Waals surface area contributed by atoms with Crippen molar-refractivity contribution in [2.75, 3.05) is 7.11 Å². The summed E-state index contributed by atoms with van der Waals surface area (Å²) in [5.74, 6) is -3.61. The minimum absolute atomic E-state index is 0.212. The Morgan fingerprint density at radius 1 is 1.33 bits per heavy atom. The molecule has 0 aliphatic rings. The Morgan fingerprint density at radius 2 is 2.00 bits per heavy atom. The molecule has 0 saturated heterocycles. The second-order valence-electron chi connectivity index (χ2n) is 3.81. The molecule has 1 N–H and O–H groups in total. The van der Waals surface area contributed by atoms with Crippen LogP contribution < -0.4 is 0 Å². The maximum Gasteiger partial charge on any atom is 0.407 e. The number of benzene rings is 1. The van der Waals surface area contributed by atoms with Gasteiger partial charge in [0.15, 0.2) is 5.92 Å². The van der Waals surface area contributed by atoms with Gasteiger partial charge in [-0.25, -0.2) is 0 Å². The van der Waals surface area contributed by atoms with Crippen molar-refractivity contribution in [1.29, 1.82) is 0 Å². The van der Waals surface area contributed by atoms with Gasteiger partial charge in [0.1, 0.15) is 0 Å². The van der Waals surface area contributed by atoms with Crippen LogP contribution in [-0.4, -0.2) is 24.2 Å². The number of alkyl halides is 3. The molecule has 96 valence electrons. The fourth-order valence-corrected chi connectivity index (χ4v) is 1.81. The van der Waals surface area contributed by atoms with Gasteiger partial charge in [0.25, 0.3) is 0 Å². The van der Waals surface area contributed by atoms with E-state index in [1.807, 2.05) is 0 Å². The van der Waals surface area contributed by atoms with E-state index in [2.05, 4.69) is 9.72 Å². The maximum atomic E-state index is 12.9. The summed E-state index contributed by atoms with van der Waals surface area (Å²) >= 11 is 0. The normalized spacial score (nSPS) is 13.6. The molecule has 2 rings (SSSR count). The topological polar surface area (TPSA) is 42.1 Å². The van der Waals surface area contributed by atoms with Crippen LogP contribution >= 0.6 is 0 Å². The second kappa shape index (κ2) is 4.36. The fourth-order valence-electron chi connectivity index (χ4n) is 1.81. The Labute approximate surface area is 101 Å². The lowest BCUT2D eigenvalue weighted by atomic mass is 10.1. The first-order valence-electron chi connectivity index (χ1n) is 5.15. The van der Waals surface area contributed by atoms with Crippen molar-refractivity contribution in [3.8, 4) is 0 Å². The number of hydrogen-bond acceptors (Lipinski definition) is 2. The third kappa shape index (κ3) is 2.18. The van der Waals surface area contributed by atoms with E-state index in [9.17, 15) is 18.0 Å². The van der Waals surface area contributed by atoms with Gasteiger partial charge in [0, 0.05) is 11.2 Å². The van der Waals surface area contributed by atoms with Crippen LogP contribution in [0.15, 0.2) is 30.3 Å². The average molecular weight is 257 g/mol. The summed E-state index contributed by atoms with van der Waals surface area (Å²) in [4.78, 5) is 13.9. The molecule has 18 heavy (non-hydrogen) atoms. The van der Waals surface area contributed by atoms with Crippen LogP contribution in [0.4, 0.5) is 13.2 Å². The highest BCUT2D eigenvalue weighted by Crippen LogP contribution is 2.36. The molecule has 0 aliphatic carbocycles. The van der Waals surface area contributed by atoms with Crippen LogP contribution in [0.5, 0.6) is 0 Å². The van der Waals surface area contributed by atoms with Gasteiger partial charge in [-0.15, -0.1) is 0 Å². The predicted octanol–water partition coefficient (Wildman–Crippen LogP) is 2.99. The number of aromatic amines is 1. The van der Waals surface area contributed by atoms with Crippen LogP contribution in [0.25, 0.3) is 10.9 Å². The Bertz CT molecular complexity index is 541. The van der Waals surface area contributed by atoms with Gasteiger partial charge in [-0.1, -0.05) is 18.2 Å². The zero-order valence-electron chi connectivity index (χ0n) is 9.41. The molecule has 0 saturated carbocycles. The van der Waals surface area contributed by atoms with E-state index in [0.29, 0.717) is 10.9 Å².